The molecular weight excluding hydrogens is 206 g/mol. The summed E-state index contributed by atoms with van der Waals surface area (Å²) in [7, 11) is 0. The summed E-state index contributed by atoms with van der Waals surface area (Å²) in [5.41, 5.74) is 0. The first-order valence-corrected chi connectivity index (χ1v) is 5.31. The number of thioether (sulfide) groups is 1. The lowest BCUT2D eigenvalue weighted by molar-refractivity contribution is 0.152. The first-order chi connectivity index (χ1) is 6.20. The molecule has 3 nitrogen and oxygen atoms in total. The highest BCUT2D eigenvalue weighted by Crippen LogP contribution is 2.01. The van der Waals surface area contributed by atoms with Crippen LogP contribution in [0.15, 0.2) is 12.7 Å². The Bertz CT molecular complexity index is 195. The fourth-order valence-electron chi connectivity index (χ4n) is 0.485. The molecule has 0 aromatic rings. The third-order valence-corrected chi connectivity index (χ3v) is 2.20. The summed E-state index contributed by atoms with van der Waals surface area (Å²) in [6.45, 7) is 5.88. The molecule has 0 bridgehead atoms. The van der Waals surface area contributed by atoms with Gasteiger partial charge in [-0.25, -0.2) is 4.79 Å². The van der Waals surface area contributed by atoms with Crippen LogP contribution in [0.25, 0.3) is 0 Å². The molecule has 0 aliphatic rings. The van der Waals surface area contributed by atoms with Crippen LogP contribution in [0.1, 0.15) is 13.3 Å². The molecule has 0 aliphatic heterocycles. The van der Waals surface area contributed by atoms with Gasteiger partial charge in [0.15, 0.2) is 0 Å². The van der Waals surface area contributed by atoms with E-state index in [0.717, 1.165) is 6.42 Å². The van der Waals surface area contributed by atoms with Crippen LogP contribution in [-0.4, -0.2) is 22.8 Å². The lowest BCUT2D eigenvalue weighted by atomic mass is 10.5. The van der Waals surface area contributed by atoms with E-state index < -0.39 is 6.09 Å². The number of hydrogen-bond donors (Lipinski definition) is 1. The van der Waals surface area contributed by atoms with Crippen LogP contribution in [0.2, 0.25) is 0 Å². The average molecular weight is 219 g/mol. The zero-order valence-corrected chi connectivity index (χ0v) is 9.17. The van der Waals surface area contributed by atoms with Crippen LogP contribution >= 0.6 is 24.0 Å². The Kier molecular flexibility index (Phi) is 7.73. The number of thiocarbonyl (C=S) groups is 1. The van der Waals surface area contributed by atoms with Crippen LogP contribution < -0.4 is 5.32 Å². The molecule has 0 spiro atoms. The van der Waals surface area contributed by atoms with Gasteiger partial charge in [-0.1, -0.05) is 37.0 Å². The molecule has 0 unspecified atom stereocenters. The molecule has 0 aliphatic carbocycles. The number of hydrogen-bond acceptors (Lipinski definition) is 4. The van der Waals surface area contributed by atoms with Gasteiger partial charge in [0.25, 0.3) is 0 Å². The molecule has 13 heavy (non-hydrogen) atoms. The second-order valence-electron chi connectivity index (χ2n) is 2.15. The molecule has 74 valence electrons. The van der Waals surface area contributed by atoms with Gasteiger partial charge < -0.3 is 4.74 Å². The lowest BCUT2D eigenvalue weighted by Gasteiger charge is -2.05. The molecule has 0 radical (unpaired) electrons. The molecule has 0 aromatic carbocycles. The average Bonchev–Trinajstić information content (AvgIpc) is 2.11. The van der Waals surface area contributed by atoms with Gasteiger partial charge in [-0.2, -0.15) is 0 Å². The number of carbonyl (C=O) groups excluding carboxylic acids is 1. The van der Waals surface area contributed by atoms with Crippen molar-refractivity contribution < 1.29 is 9.53 Å². The second kappa shape index (κ2) is 8.07. The molecule has 1 amide bonds. The summed E-state index contributed by atoms with van der Waals surface area (Å²) in [4.78, 5) is 10.9. The summed E-state index contributed by atoms with van der Waals surface area (Å²) in [5.74, 6) is 0.687. The minimum atomic E-state index is -0.483. The molecule has 0 aromatic heterocycles. The van der Waals surface area contributed by atoms with Crippen molar-refractivity contribution in [1.82, 2.24) is 5.32 Å². The minimum Gasteiger partial charge on any atom is -0.449 e. The van der Waals surface area contributed by atoms with Crippen molar-refractivity contribution in [1.29, 1.82) is 0 Å². The number of rotatable bonds is 4. The predicted molar refractivity (Wildman–Crippen MR) is 60.0 cm³/mol. The number of amides is 1. The zero-order chi connectivity index (χ0) is 10.1. The van der Waals surface area contributed by atoms with Gasteiger partial charge in [0.2, 0.25) is 0 Å². The van der Waals surface area contributed by atoms with Crippen LogP contribution in [0.5, 0.6) is 0 Å². The Morgan fingerprint density at radius 2 is 2.46 bits per heavy atom. The fraction of sp³-hybridized carbons (Fsp3) is 0.500. The SMILES string of the molecule is C=CCSC(=S)NC(=O)OCCC. The third kappa shape index (κ3) is 7.80. The Balaban J connectivity index is 3.53. The van der Waals surface area contributed by atoms with E-state index in [1.807, 2.05) is 6.92 Å². The fourth-order valence-corrected chi connectivity index (χ4v) is 1.20. The maximum absolute atomic E-state index is 10.9. The Labute approximate surface area is 87.9 Å². The standard InChI is InChI=1S/C8H13NO2S2/c1-3-5-11-7(10)9-8(12)13-6-4-2/h4H,2-3,5-6H2,1H3,(H,9,10,12). The summed E-state index contributed by atoms with van der Waals surface area (Å²) in [6, 6.07) is 0. The van der Waals surface area contributed by atoms with Gasteiger partial charge in [-0.05, 0) is 6.42 Å². The minimum absolute atomic E-state index is 0.417. The van der Waals surface area contributed by atoms with E-state index in [9.17, 15) is 4.79 Å². The van der Waals surface area contributed by atoms with Crippen molar-refractivity contribution in [3.63, 3.8) is 0 Å². The quantitative estimate of drug-likeness (QED) is 0.582. The van der Waals surface area contributed by atoms with Crippen LogP contribution in [0, 0.1) is 0 Å². The van der Waals surface area contributed by atoms with Crippen LogP contribution in [-0.2, 0) is 4.74 Å². The van der Waals surface area contributed by atoms with E-state index in [1.54, 1.807) is 6.08 Å². The Morgan fingerprint density at radius 1 is 1.77 bits per heavy atom. The van der Waals surface area contributed by atoms with Gasteiger partial charge in [0.1, 0.15) is 4.32 Å². The van der Waals surface area contributed by atoms with Gasteiger partial charge in [-0.3, -0.25) is 5.32 Å². The van der Waals surface area contributed by atoms with Crippen molar-refractivity contribution in [2.45, 2.75) is 13.3 Å². The van der Waals surface area contributed by atoms with E-state index in [-0.39, 0.29) is 0 Å². The number of alkyl carbamates (subject to hydrolysis) is 1. The molecule has 0 heterocycles. The smallest absolute Gasteiger partial charge is 0.412 e. The van der Waals surface area contributed by atoms with Gasteiger partial charge in [0.05, 0.1) is 6.61 Å². The monoisotopic (exact) mass is 219 g/mol. The van der Waals surface area contributed by atoms with E-state index in [0.29, 0.717) is 16.7 Å². The molecule has 0 saturated carbocycles. The van der Waals surface area contributed by atoms with E-state index in [1.165, 1.54) is 11.8 Å². The molecular formula is C8H13NO2S2. The van der Waals surface area contributed by atoms with Gasteiger partial charge >= 0.3 is 6.09 Å². The Hall–Kier alpha value is -0.550. The number of ether oxygens (including phenoxy) is 1. The van der Waals surface area contributed by atoms with Gasteiger partial charge in [-0.15, -0.1) is 6.58 Å². The molecule has 1 N–H and O–H groups in total. The van der Waals surface area contributed by atoms with Crippen molar-refractivity contribution in [2.24, 2.45) is 0 Å². The molecule has 5 heteroatoms. The first kappa shape index (κ1) is 12.4. The second-order valence-corrected chi connectivity index (χ2v) is 3.84. The topological polar surface area (TPSA) is 38.3 Å². The number of carbonyl (C=O) groups is 1. The molecule has 0 fully saturated rings. The molecule has 0 atom stereocenters. The predicted octanol–water partition coefficient (Wildman–Crippen LogP) is 2.33. The Morgan fingerprint density at radius 3 is 3.00 bits per heavy atom. The van der Waals surface area contributed by atoms with Crippen molar-refractivity contribution in [3.8, 4) is 0 Å². The highest BCUT2D eigenvalue weighted by atomic mass is 32.2. The van der Waals surface area contributed by atoms with Crippen LogP contribution in [0.4, 0.5) is 4.79 Å². The molecule has 0 rings (SSSR count). The van der Waals surface area contributed by atoms with Gasteiger partial charge in [0, 0.05) is 5.75 Å². The normalized spacial score (nSPS) is 9.00. The highest BCUT2D eigenvalue weighted by molar-refractivity contribution is 8.23. The number of nitrogens with one attached hydrogen (secondary N) is 1. The van der Waals surface area contributed by atoms with Crippen molar-refractivity contribution in [2.75, 3.05) is 12.4 Å². The summed E-state index contributed by atoms with van der Waals surface area (Å²) in [5, 5.41) is 2.44. The van der Waals surface area contributed by atoms with E-state index >= 15 is 0 Å². The zero-order valence-electron chi connectivity index (χ0n) is 7.54. The first-order valence-electron chi connectivity index (χ1n) is 3.92. The maximum Gasteiger partial charge on any atom is 0.412 e. The summed E-state index contributed by atoms with van der Waals surface area (Å²) >= 11 is 6.19. The van der Waals surface area contributed by atoms with Crippen molar-refractivity contribution in [3.05, 3.63) is 12.7 Å². The highest BCUT2D eigenvalue weighted by Gasteiger charge is 2.03. The van der Waals surface area contributed by atoms with E-state index in [4.69, 9.17) is 17.0 Å². The third-order valence-electron chi connectivity index (χ3n) is 0.974. The lowest BCUT2D eigenvalue weighted by Crippen LogP contribution is -2.27. The maximum atomic E-state index is 10.9. The van der Waals surface area contributed by atoms with Crippen molar-refractivity contribution >= 4 is 34.4 Å². The summed E-state index contributed by atoms with van der Waals surface area (Å²) in [6.07, 6.45) is 2.04. The largest absolute Gasteiger partial charge is 0.449 e. The van der Waals surface area contributed by atoms with E-state index in [2.05, 4.69) is 11.9 Å². The van der Waals surface area contributed by atoms with Crippen LogP contribution in [0.3, 0.4) is 0 Å². The molecule has 0 saturated heterocycles. The summed E-state index contributed by atoms with van der Waals surface area (Å²) < 4.78 is 5.18.